The monoisotopic (exact) mass is 191 g/mol. The van der Waals surface area contributed by atoms with Crippen molar-refractivity contribution in [3.63, 3.8) is 0 Å². The van der Waals surface area contributed by atoms with E-state index in [9.17, 15) is 4.79 Å². The predicted molar refractivity (Wildman–Crippen MR) is 56.3 cm³/mol. The van der Waals surface area contributed by atoms with Crippen LogP contribution in [0.5, 0.6) is 0 Å². The lowest BCUT2D eigenvalue weighted by Gasteiger charge is -2.00. The smallest absolute Gasteiger partial charge is 0.316 e. The van der Waals surface area contributed by atoms with E-state index in [1.54, 1.807) is 11.6 Å². The molecule has 0 spiro atoms. The number of fused-ring (bicyclic) bond motifs is 1. The Morgan fingerprint density at radius 1 is 1.50 bits per heavy atom. The molecule has 0 unspecified atom stereocenters. The van der Waals surface area contributed by atoms with Gasteiger partial charge in [0.2, 0.25) is 0 Å². The van der Waals surface area contributed by atoms with E-state index in [-0.39, 0.29) is 5.69 Å². The molecule has 0 radical (unpaired) electrons. The molecule has 0 saturated carbocycles. The summed E-state index contributed by atoms with van der Waals surface area (Å²) in [6, 6.07) is 5.96. The molecule has 2 aromatic rings. The van der Waals surface area contributed by atoms with Gasteiger partial charge in [-0.2, -0.15) is 0 Å². The van der Waals surface area contributed by atoms with E-state index in [0.29, 0.717) is 0 Å². The molecule has 0 saturated heterocycles. The second-order valence-electron chi connectivity index (χ2n) is 3.37. The second-order valence-corrected chi connectivity index (χ2v) is 3.37. The first-order valence-corrected chi connectivity index (χ1v) is 4.54. The molecule has 0 aliphatic carbocycles. The van der Waals surface area contributed by atoms with Crippen LogP contribution in [0, 0.1) is 0 Å². The molecule has 0 fully saturated rings. The molecule has 14 heavy (non-hydrogen) atoms. The Kier molecular flexibility index (Phi) is 2.13. The topological polar surface area (TPSA) is 49.8 Å². The van der Waals surface area contributed by atoms with Crippen LogP contribution in [-0.4, -0.2) is 16.6 Å². The average Bonchev–Trinajstić information content (AvgIpc) is 2.45. The molecule has 2 N–H and O–H groups in total. The summed E-state index contributed by atoms with van der Waals surface area (Å²) in [4.78, 5) is 14.1. The van der Waals surface area contributed by atoms with E-state index in [1.807, 2.05) is 25.2 Å². The minimum Gasteiger partial charge on any atom is -0.316 e. The maximum atomic E-state index is 11.3. The standard InChI is InChI=1S/C10H13N3O/c1-11-6-7-3-4-8-9(5-7)13(2)10(14)12-8/h3-5,11H,6H2,1-2H3,(H,12,14). The molecule has 0 aliphatic heterocycles. The number of hydrogen-bond donors (Lipinski definition) is 2. The van der Waals surface area contributed by atoms with Gasteiger partial charge in [0.05, 0.1) is 11.0 Å². The lowest BCUT2D eigenvalue weighted by atomic mass is 10.2. The lowest BCUT2D eigenvalue weighted by molar-refractivity contribution is 0.817. The van der Waals surface area contributed by atoms with Crippen molar-refractivity contribution in [1.82, 2.24) is 14.9 Å². The van der Waals surface area contributed by atoms with Crippen molar-refractivity contribution in [3.8, 4) is 0 Å². The van der Waals surface area contributed by atoms with Crippen LogP contribution in [0.15, 0.2) is 23.0 Å². The molecule has 74 valence electrons. The number of nitrogens with one attached hydrogen (secondary N) is 2. The number of aromatic nitrogens is 2. The van der Waals surface area contributed by atoms with Crippen LogP contribution in [-0.2, 0) is 13.6 Å². The normalized spacial score (nSPS) is 11.0. The van der Waals surface area contributed by atoms with Crippen molar-refractivity contribution in [3.05, 3.63) is 34.2 Å². The van der Waals surface area contributed by atoms with Crippen molar-refractivity contribution >= 4 is 11.0 Å². The minimum absolute atomic E-state index is 0.0680. The van der Waals surface area contributed by atoms with Gasteiger partial charge < -0.3 is 10.3 Å². The maximum Gasteiger partial charge on any atom is 0.326 e. The number of H-pyrrole nitrogens is 1. The Hall–Kier alpha value is -1.55. The number of aryl methyl sites for hydroxylation is 1. The first-order valence-electron chi connectivity index (χ1n) is 4.54. The van der Waals surface area contributed by atoms with Gasteiger partial charge >= 0.3 is 5.69 Å². The van der Waals surface area contributed by atoms with Gasteiger partial charge in [-0.1, -0.05) is 6.07 Å². The van der Waals surface area contributed by atoms with Gasteiger partial charge in [0.1, 0.15) is 0 Å². The summed E-state index contributed by atoms with van der Waals surface area (Å²) < 4.78 is 1.62. The fourth-order valence-corrected chi connectivity index (χ4v) is 1.58. The number of imidazole rings is 1. The van der Waals surface area contributed by atoms with E-state index in [0.717, 1.165) is 17.6 Å². The van der Waals surface area contributed by atoms with Crippen molar-refractivity contribution < 1.29 is 0 Å². The minimum atomic E-state index is -0.0680. The molecule has 4 heteroatoms. The number of aromatic amines is 1. The Morgan fingerprint density at radius 2 is 2.29 bits per heavy atom. The summed E-state index contributed by atoms with van der Waals surface area (Å²) in [7, 11) is 3.67. The molecule has 1 heterocycles. The summed E-state index contributed by atoms with van der Waals surface area (Å²) in [6.45, 7) is 0.815. The van der Waals surface area contributed by atoms with Crippen LogP contribution in [0.3, 0.4) is 0 Å². The van der Waals surface area contributed by atoms with Crippen LogP contribution < -0.4 is 11.0 Å². The van der Waals surface area contributed by atoms with Gasteiger partial charge in [0.15, 0.2) is 0 Å². The Balaban J connectivity index is 2.63. The lowest BCUT2D eigenvalue weighted by Crippen LogP contribution is -2.12. The third-order valence-corrected chi connectivity index (χ3v) is 2.35. The zero-order chi connectivity index (χ0) is 10.1. The first-order chi connectivity index (χ1) is 6.72. The first kappa shape index (κ1) is 9.02. The van der Waals surface area contributed by atoms with Crippen LogP contribution in [0.1, 0.15) is 5.56 Å². The van der Waals surface area contributed by atoms with Crippen molar-refractivity contribution in [2.24, 2.45) is 7.05 Å². The Labute approximate surface area is 81.6 Å². The summed E-state index contributed by atoms with van der Waals surface area (Å²) in [5.41, 5.74) is 2.94. The summed E-state index contributed by atoms with van der Waals surface area (Å²) in [5.74, 6) is 0. The summed E-state index contributed by atoms with van der Waals surface area (Å²) >= 11 is 0. The average molecular weight is 191 g/mol. The highest BCUT2D eigenvalue weighted by Gasteiger charge is 2.02. The largest absolute Gasteiger partial charge is 0.326 e. The van der Waals surface area contributed by atoms with E-state index in [4.69, 9.17) is 0 Å². The highest BCUT2D eigenvalue weighted by Crippen LogP contribution is 2.11. The van der Waals surface area contributed by atoms with Gasteiger partial charge in [0.25, 0.3) is 0 Å². The van der Waals surface area contributed by atoms with Crippen LogP contribution in [0.2, 0.25) is 0 Å². The highest BCUT2D eigenvalue weighted by atomic mass is 16.1. The number of rotatable bonds is 2. The molecule has 0 bridgehead atoms. The molecule has 2 rings (SSSR count). The fourth-order valence-electron chi connectivity index (χ4n) is 1.58. The van der Waals surface area contributed by atoms with E-state index < -0.39 is 0 Å². The Bertz CT molecular complexity index is 510. The second kappa shape index (κ2) is 3.31. The molecule has 0 aliphatic rings. The quantitative estimate of drug-likeness (QED) is 0.729. The maximum absolute atomic E-state index is 11.3. The molecule has 0 amide bonds. The van der Waals surface area contributed by atoms with Gasteiger partial charge in [-0.3, -0.25) is 4.57 Å². The molecular formula is C10H13N3O. The molecular weight excluding hydrogens is 178 g/mol. The molecule has 1 aromatic heterocycles. The summed E-state index contributed by atoms with van der Waals surface area (Å²) in [5, 5.41) is 3.08. The number of hydrogen-bond acceptors (Lipinski definition) is 2. The summed E-state index contributed by atoms with van der Waals surface area (Å²) in [6.07, 6.45) is 0. The zero-order valence-corrected chi connectivity index (χ0v) is 8.29. The SMILES string of the molecule is CNCc1ccc2[nH]c(=O)n(C)c2c1. The van der Waals surface area contributed by atoms with Crippen molar-refractivity contribution in [1.29, 1.82) is 0 Å². The number of nitrogens with zero attached hydrogens (tertiary/aromatic N) is 1. The van der Waals surface area contributed by atoms with Crippen LogP contribution in [0.4, 0.5) is 0 Å². The van der Waals surface area contributed by atoms with E-state index >= 15 is 0 Å². The molecule has 1 aromatic carbocycles. The fraction of sp³-hybridized carbons (Fsp3) is 0.300. The number of benzene rings is 1. The zero-order valence-electron chi connectivity index (χ0n) is 8.29. The van der Waals surface area contributed by atoms with Crippen LogP contribution >= 0.6 is 0 Å². The highest BCUT2D eigenvalue weighted by molar-refractivity contribution is 5.75. The molecule has 0 atom stereocenters. The van der Waals surface area contributed by atoms with Gasteiger partial charge in [-0.15, -0.1) is 0 Å². The molecule has 4 nitrogen and oxygen atoms in total. The van der Waals surface area contributed by atoms with E-state index in [1.165, 1.54) is 5.56 Å². The van der Waals surface area contributed by atoms with E-state index in [2.05, 4.69) is 10.3 Å². The van der Waals surface area contributed by atoms with Gasteiger partial charge in [-0.05, 0) is 24.7 Å². The van der Waals surface area contributed by atoms with Crippen molar-refractivity contribution in [2.45, 2.75) is 6.54 Å². The third-order valence-electron chi connectivity index (χ3n) is 2.35. The predicted octanol–water partition coefficient (Wildman–Crippen LogP) is 0.586. The Morgan fingerprint density at radius 3 is 3.00 bits per heavy atom. The van der Waals surface area contributed by atoms with Gasteiger partial charge in [0, 0.05) is 13.6 Å². The van der Waals surface area contributed by atoms with Gasteiger partial charge in [-0.25, -0.2) is 4.79 Å². The van der Waals surface area contributed by atoms with Crippen LogP contribution in [0.25, 0.3) is 11.0 Å². The third kappa shape index (κ3) is 1.33. The van der Waals surface area contributed by atoms with Crippen molar-refractivity contribution in [2.75, 3.05) is 7.05 Å².